The fourth-order valence-corrected chi connectivity index (χ4v) is 6.32. The third kappa shape index (κ3) is 3.87. The molecule has 2 heterocycles. The Kier molecular flexibility index (Phi) is 6.32. The fourth-order valence-electron chi connectivity index (χ4n) is 6.32. The number of benzene rings is 2. The second-order valence-corrected chi connectivity index (χ2v) is 9.72. The first-order chi connectivity index (χ1) is 16.5. The monoisotopic (exact) mass is 462 g/mol. The number of unbranched alkanes of at least 4 members (excludes halogenated alkanes) is 1. The van der Waals surface area contributed by atoms with Gasteiger partial charge in [-0.05, 0) is 68.0 Å². The van der Waals surface area contributed by atoms with E-state index in [0.29, 0.717) is 5.56 Å². The molecule has 1 fully saturated rings. The second kappa shape index (κ2) is 9.39. The smallest absolute Gasteiger partial charge is 0.248 e. The van der Waals surface area contributed by atoms with Crippen LogP contribution in [0.1, 0.15) is 65.2 Å². The van der Waals surface area contributed by atoms with Crippen LogP contribution in [0.5, 0.6) is 5.75 Å². The first-order valence-electron chi connectivity index (χ1n) is 12.4. The van der Waals surface area contributed by atoms with Gasteiger partial charge in [0.1, 0.15) is 5.75 Å². The Morgan fingerprint density at radius 1 is 1.24 bits per heavy atom. The molecule has 0 aromatic heterocycles. The van der Waals surface area contributed by atoms with Crippen molar-refractivity contribution in [2.45, 2.75) is 50.0 Å². The van der Waals surface area contributed by atoms with Crippen molar-refractivity contribution < 1.29 is 14.3 Å². The predicted molar refractivity (Wildman–Crippen MR) is 132 cm³/mol. The van der Waals surface area contributed by atoms with Gasteiger partial charge < -0.3 is 21.1 Å². The van der Waals surface area contributed by atoms with Crippen LogP contribution in [0.4, 0.5) is 5.69 Å². The lowest BCUT2D eigenvalue weighted by atomic mass is 9.67. The van der Waals surface area contributed by atoms with Crippen LogP contribution in [0, 0.1) is 0 Å². The van der Waals surface area contributed by atoms with E-state index < -0.39 is 11.3 Å². The zero-order chi connectivity index (χ0) is 23.7. The van der Waals surface area contributed by atoms with Crippen molar-refractivity contribution in [1.29, 1.82) is 0 Å². The van der Waals surface area contributed by atoms with Gasteiger partial charge in [-0.15, -0.1) is 0 Å². The van der Waals surface area contributed by atoms with Crippen LogP contribution in [0.3, 0.4) is 0 Å². The Morgan fingerprint density at radius 3 is 2.91 bits per heavy atom. The summed E-state index contributed by atoms with van der Waals surface area (Å²) in [5.74, 6) is 0.604. The van der Waals surface area contributed by atoms with E-state index in [0.717, 1.165) is 87.3 Å². The quantitative estimate of drug-likeness (QED) is 0.524. The predicted octanol–water partition coefficient (Wildman–Crippen LogP) is 3.14. The minimum absolute atomic E-state index is 0.0825. The average molecular weight is 463 g/mol. The molecule has 2 amide bonds. The highest BCUT2D eigenvalue weighted by Gasteiger charge is 2.49. The highest BCUT2D eigenvalue weighted by molar-refractivity contribution is 6.08. The molecule has 7 nitrogen and oxygen atoms in total. The number of hydrogen-bond donors (Lipinski definition) is 3. The number of primary amides is 1. The number of carbonyl (C=O) groups excluding carboxylic acids is 2. The van der Waals surface area contributed by atoms with Crippen LogP contribution in [-0.4, -0.2) is 50.0 Å². The van der Waals surface area contributed by atoms with Crippen LogP contribution in [-0.2, 0) is 16.6 Å². The summed E-state index contributed by atoms with van der Waals surface area (Å²) >= 11 is 0. The molecular weight excluding hydrogens is 428 g/mol. The summed E-state index contributed by atoms with van der Waals surface area (Å²) in [6.07, 6.45) is 5.30. The number of hydrogen-bond acceptors (Lipinski definition) is 5. The van der Waals surface area contributed by atoms with E-state index in [9.17, 15) is 9.59 Å². The molecule has 7 heteroatoms. The summed E-state index contributed by atoms with van der Waals surface area (Å²) in [6, 6.07) is 12.2. The maximum Gasteiger partial charge on any atom is 0.248 e. The van der Waals surface area contributed by atoms with Gasteiger partial charge in [-0.25, -0.2) is 0 Å². The van der Waals surface area contributed by atoms with Gasteiger partial charge in [0.15, 0.2) is 0 Å². The Morgan fingerprint density at radius 2 is 2.09 bits per heavy atom. The van der Waals surface area contributed by atoms with Crippen molar-refractivity contribution in [2.24, 2.45) is 5.73 Å². The van der Waals surface area contributed by atoms with Crippen LogP contribution in [0.15, 0.2) is 36.4 Å². The Hall–Kier alpha value is -2.90. The number of ether oxygens (including phenoxy) is 1. The van der Waals surface area contributed by atoms with E-state index in [1.807, 2.05) is 18.2 Å². The van der Waals surface area contributed by atoms with E-state index in [1.165, 1.54) is 5.56 Å². The van der Waals surface area contributed by atoms with Crippen LogP contribution >= 0.6 is 0 Å². The number of nitrogens with zero attached hydrogens (tertiary/aromatic N) is 1. The van der Waals surface area contributed by atoms with Gasteiger partial charge >= 0.3 is 0 Å². The molecule has 4 N–H and O–H groups in total. The maximum atomic E-state index is 13.2. The first kappa shape index (κ1) is 22.9. The molecule has 0 bridgehead atoms. The van der Waals surface area contributed by atoms with Crippen LogP contribution in [0.2, 0.25) is 0 Å². The van der Waals surface area contributed by atoms with Gasteiger partial charge in [0.25, 0.3) is 0 Å². The number of carbonyl (C=O) groups is 2. The molecule has 2 aromatic carbocycles. The lowest BCUT2D eigenvalue weighted by molar-refractivity contribution is -0.121. The Bertz CT molecular complexity index is 1100. The summed E-state index contributed by atoms with van der Waals surface area (Å²) < 4.78 is 5.63. The second-order valence-electron chi connectivity index (χ2n) is 9.72. The lowest BCUT2D eigenvalue weighted by Gasteiger charge is -2.37. The summed E-state index contributed by atoms with van der Waals surface area (Å²) in [6.45, 7) is 3.84. The van der Waals surface area contributed by atoms with E-state index >= 15 is 0 Å². The third-order valence-electron chi connectivity index (χ3n) is 7.92. The molecule has 2 aliphatic heterocycles. The number of rotatable bonds is 8. The van der Waals surface area contributed by atoms with Crippen molar-refractivity contribution in [2.75, 3.05) is 38.6 Å². The van der Waals surface area contributed by atoms with E-state index in [-0.39, 0.29) is 11.9 Å². The molecule has 3 aliphatic rings. The Labute approximate surface area is 201 Å². The van der Waals surface area contributed by atoms with Gasteiger partial charge in [-0.3, -0.25) is 14.5 Å². The molecule has 0 saturated carbocycles. The molecule has 34 heavy (non-hydrogen) atoms. The number of nitrogens with two attached hydrogens (primary N) is 1. The van der Waals surface area contributed by atoms with E-state index in [4.69, 9.17) is 10.5 Å². The van der Waals surface area contributed by atoms with Gasteiger partial charge in [-0.2, -0.15) is 0 Å². The number of anilines is 1. The molecule has 0 spiro atoms. The standard InChI is InChI=1S/C27H34N4O3/c1-34-23-9-3-2-7-20(23)22-17-29-14-16-31(22)15-5-4-12-27-13-6-8-18-19(25(28)32)10-11-21(24(18)27)30-26(27)33/h2-3,7,9-11,22,29H,4-6,8,12-17H2,1H3,(H2,28,32)(H,30,33). The molecule has 5 rings (SSSR count). The number of piperazine rings is 1. The van der Waals surface area contributed by atoms with E-state index in [2.05, 4.69) is 27.7 Å². The number of methoxy groups -OCH3 is 1. The van der Waals surface area contributed by atoms with E-state index in [1.54, 1.807) is 13.2 Å². The van der Waals surface area contributed by atoms with Gasteiger partial charge in [0.2, 0.25) is 11.8 Å². The van der Waals surface area contributed by atoms with Crippen molar-refractivity contribution in [3.8, 4) is 5.75 Å². The fraction of sp³-hybridized carbons (Fsp3) is 0.481. The molecule has 2 atom stereocenters. The minimum atomic E-state index is -0.528. The third-order valence-corrected chi connectivity index (χ3v) is 7.92. The SMILES string of the molecule is COc1ccccc1C1CNCCN1CCCCC12CCCc3c(C(N)=O)ccc(c31)NC2=O. The summed E-state index contributed by atoms with van der Waals surface area (Å²) in [5.41, 5.74) is 9.79. The van der Waals surface area contributed by atoms with Crippen LogP contribution < -0.4 is 21.1 Å². The summed E-state index contributed by atoms with van der Waals surface area (Å²) in [4.78, 5) is 27.8. The number of nitrogens with one attached hydrogen (secondary N) is 2. The topological polar surface area (TPSA) is 96.7 Å². The molecule has 2 unspecified atom stereocenters. The minimum Gasteiger partial charge on any atom is -0.496 e. The molecule has 180 valence electrons. The average Bonchev–Trinajstić information content (AvgIpc) is 3.15. The zero-order valence-electron chi connectivity index (χ0n) is 19.9. The molecule has 1 saturated heterocycles. The first-order valence-corrected chi connectivity index (χ1v) is 12.4. The normalized spacial score (nSPS) is 23.9. The highest BCUT2D eigenvalue weighted by atomic mass is 16.5. The number of para-hydroxylation sites is 1. The Balaban J connectivity index is 1.30. The van der Waals surface area contributed by atoms with Crippen molar-refractivity contribution >= 4 is 17.5 Å². The van der Waals surface area contributed by atoms with Crippen LogP contribution in [0.25, 0.3) is 0 Å². The number of amides is 2. The maximum absolute atomic E-state index is 13.2. The lowest BCUT2D eigenvalue weighted by Crippen LogP contribution is -2.46. The molecule has 0 radical (unpaired) electrons. The molecular formula is C27H34N4O3. The van der Waals surface area contributed by atoms with Crippen molar-refractivity contribution in [3.63, 3.8) is 0 Å². The van der Waals surface area contributed by atoms with Gasteiger partial charge in [0.05, 0.1) is 18.6 Å². The molecule has 1 aliphatic carbocycles. The summed E-state index contributed by atoms with van der Waals surface area (Å²) in [5, 5.41) is 6.62. The zero-order valence-corrected chi connectivity index (χ0v) is 19.9. The van der Waals surface area contributed by atoms with Crippen molar-refractivity contribution in [1.82, 2.24) is 10.2 Å². The largest absolute Gasteiger partial charge is 0.496 e. The highest BCUT2D eigenvalue weighted by Crippen LogP contribution is 2.50. The molecule has 2 aromatic rings. The van der Waals surface area contributed by atoms with Crippen molar-refractivity contribution in [3.05, 3.63) is 58.7 Å². The van der Waals surface area contributed by atoms with Gasteiger partial charge in [-0.1, -0.05) is 24.6 Å². The summed E-state index contributed by atoms with van der Waals surface area (Å²) in [7, 11) is 1.73. The van der Waals surface area contributed by atoms with Gasteiger partial charge in [0, 0.05) is 36.4 Å².